The quantitative estimate of drug-likeness (QED) is 0.809. The van der Waals surface area contributed by atoms with Crippen molar-refractivity contribution in [1.29, 1.82) is 0 Å². The van der Waals surface area contributed by atoms with Gasteiger partial charge in [0.1, 0.15) is 0 Å². The van der Waals surface area contributed by atoms with Crippen molar-refractivity contribution in [3.8, 4) is 0 Å². The van der Waals surface area contributed by atoms with Gasteiger partial charge in [-0.15, -0.1) is 0 Å². The molecule has 1 atom stereocenters. The van der Waals surface area contributed by atoms with Gasteiger partial charge >= 0.3 is 6.18 Å². The number of halogens is 3. The highest BCUT2D eigenvalue weighted by molar-refractivity contribution is 5.36. The number of aliphatic hydroxyl groups excluding tert-OH is 1. The second kappa shape index (κ2) is 4.23. The van der Waals surface area contributed by atoms with Gasteiger partial charge in [-0.1, -0.05) is 12.1 Å². The van der Waals surface area contributed by atoms with Crippen LogP contribution in [0.2, 0.25) is 0 Å². The first kappa shape index (κ1) is 12.0. The maximum absolute atomic E-state index is 12.6. The van der Waals surface area contributed by atoms with E-state index in [0.29, 0.717) is 5.56 Å². The molecule has 0 aliphatic rings. The highest BCUT2D eigenvalue weighted by Crippen LogP contribution is 2.33. The molecule has 15 heavy (non-hydrogen) atoms. The molecule has 0 saturated heterocycles. The molecule has 1 N–H and O–H groups in total. The molecule has 1 aromatic rings. The molecule has 1 nitrogen and oxygen atoms in total. The van der Waals surface area contributed by atoms with E-state index in [-0.39, 0.29) is 12.0 Å². The van der Waals surface area contributed by atoms with Crippen LogP contribution in [-0.2, 0) is 12.6 Å². The van der Waals surface area contributed by atoms with E-state index in [4.69, 9.17) is 5.11 Å². The van der Waals surface area contributed by atoms with Gasteiger partial charge in [0.15, 0.2) is 0 Å². The fourth-order valence-electron chi connectivity index (χ4n) is 1.53. The van der Waals surface area contributed by atoms with Crippen LogP contribution in [0, 0.1) is 6.92 Å². The van der Waals surface area contributed by atoms with E-state index >= 15 is 0 Å². The number of hydrogen-bond donors (Lipinski definition) is 1. The van der Waals surface area contributed by atoms with Crippen LogP contribution in [-0.4, -0.2) is 11.2 Å². The Labute approximate surface area is 86.5 Å². The molecule has 0 aromatic heterocycles. The predicted octanol–water partition coefficient (Wildman–Crippen LogP) is 2.94. The molecule has 1 unspecified atom stereocenters. The number of rotatable bonds is 2. The Balaban J connectivity index is 3.21. The lowest BCUT2D eigenvalue weighted by atomic mass is 9.97. The fourth-order valence-corrected chi connectivity index (χ4v) is 1.53. The van der Waals surface area contributed by atoms with Gasteiger partial charge in [0.2, 0.25) is 0 Å². The van der Waals surface area contributed by atoms with E-state index in [1.807, 2.05) is 0 Å². The largest absolute Gasteiger partial charge is 0.416 e. The first-order valence-electron chi connectivity index (χ1n) is 4.66. The number of aliphatic hydroxyl groups is 1. The minimum Gasteiger partial charge on any atom is -0.393 e. The van der Waals surface area contributed by atoms with Crippen molar-refractivity contribution in [3.05, 3.63) is 34.9 Å². The molecule has 1 rings (SSSR count). The minimum atomic E-state index is -4.35. The highest BCUT2D eigenvalue weighted by atomic mass is 19.4. The summed E-state index contributed by atoms with van der Waals surface area (Å²) in [6.45, 7) is 3.10. The van der Waals surface area contributed by atoms with E-state index in [9.17, 15) is 13.2 Å². The van der Waals surface area contributed by atoms with Gasteiger partial charge in [-0.2, -0.15) is 13.2 Å². The van der Waals surface area contributed by atoms with Gasteiger partial charge in [0.25, 0.3) is 0 Å². The number of aryl methyl sites for hydroxylation is 1. The normalized spacial score (nSPS) is 14.0. The molecule has 84 valence electrons. The molecule has 4 heteroatoms. The van der Waals surface area contributed by atoms with Gasteiger partial charge in [0, 0.05) is 0 Å². The minimum absolute atomic E-state index is 0.0293. The number of alkyl halides is 3. The summed E-state index contributed by atoms with van der Waals surface area (Å²) in [4.78, 5) is 0. The van der Waals surface area contributed by atoms with E-state index in [1.165, 1.54) is 13.0 Å². The van der Waals surface area contributed by atoms with E-state index in [1.54, 1.807) is 13.0 Å². The Hall–Kier alpha value is -1.03. The molecule has 0 aliphatic carbocycles. The van der Waals surface area contributed by atoms with Crippen LogP contribution in [0.15, 0.2) is 18.2 Å². The van der Waals surface area contributed by atoms with E-state index < -0.39 is 17.8 Å². The molecule has 0 spiro atoms. The van der Waals surface area contributed by atoms with Crippen molar-refractivity contribution in [2.24, 2.45) is 0 Å². The second-order valence-electron chi connectivity index (χ2n) is 3.65. The molecule has 0 bridgehead atoms. The average molecular weight is 218 g/mol. The lowest BCUT2D eigenvalue weighted by Gasteiger charge is -2.16. The van der Waals surface area contributed by atoms with Crippen LogP contribution in [0.5, 0.6) is 0 Å². The van der Waals surface area contributed by atoms with E-state index in [2.05, 4.69) is 0 Å². The average Bonchev–Trinajstić information content (AvgIpc) is 2.05. The molecule has 0 fully saturated rings. The van der Waals surface area contributed by atoms with Crippen molar-refractivity contribution in [2.45, 2.75) is 32.5 Å². The van der Waals surface area contributed by atoms with Crippen LogP contribution in [0.1, 0.15) is 23.6 Å². The molecule has 0 heterocycles. The Morgan fingerprint density at radius 2 is 1.93 bits per heavy atom. The summed E-state index contributed by atoms with van der Waals surface area (Å²) in [5.41, 5.74) is 0.0918. The zero-order chi connectivity index (χ0) is 11.6. The predicted molar refractivity (Wildman–Crippen MR) is 51.6 cm³/mol. The monoisotopic (exact) mass is 218 g/mol. The lowest BCUT2D eigenvalue weighted by Crippen LogP contribution is -2.14. The SMILES string of the molecule is Cc1cccc(C(F)(F)F)c1CC(C)O. The Kier molecular flexibility index (Phi) is 3.39. The molecule has 0 amide bonds. The summed E-state index contributed by atoms with van der Waals surface area (Å²) < 4.78 is 37.8. The van der Waals surface area contributed by atoms with Crippen molar-refractivity contribution in [2.75, 3.05) is 0 Å². The third kappa shape index (κ3) is 2.96. The van der Waals surface area contributed by atoms with Crippen molar-refractivity contribution < 1.29 is 18.3 Å². The second-order valence-corrected chi connectivity index (χ2v) is 3.65. The number of hydrogen-bond acceptors (Lipinski definition) is 1. The molecule has 1 aromatic carbocycles. The molecule has 0 radical (unpaired) electrons. The van der Waals surface area contributed by atoms with Crippen LogP contribution in [0.3, 0.4) is 0 Å². The maximum atomic E-state index is 12.6. The van der Waals surface area contributed by atoms with Crippen molar-refractivity contribution in [3.63, 3.8) is 0 Å². The van der Waals surface area contributed by atoms with Crippen LogP contribution < -0.4 is 0 Å². The lowest BCUT2D eigenvalue weighted by molar-refractivity contribution is -0.138. The van der Waals surface area contributed by atoms with E-state index in [0.717, 1.165) is 6.07 Å². The smallest absolute Gasteiger partial charge is 0.393 e. The zero-order valence-electron chi connectivity index (χ0n) is 8.60. The topological polar surface area (TPSA) is 20.2 Å². The summed E-state index contributed by atoms with van der Waals surface area (Å²) in [5.74, 6) is 0. The van der Waals surface area contributed by atoms with Crippen molar-refractivity contribution in [1.82, 2.24) is 0 Å². The molecular weight excluding hydrogens is 205 g/mol. The first-order chi connectivity index (χ1) is 6.82. The Morgan fingerprint density at radius 1 is 1.33 bits per heavy atom. The summed E-state index contributed by atoms with van der Waals surface area (Å²) in [6, 6.07) is 4.04. The Bertz CT molecular complexity index is 342. The summed E-state index contributed by atoms with van der Waals surface area (Å²) in [7, 11) is 0. The van der Waals surface area contributed by atoms with Gasteiger partial charge in [-0.25, -0.2) is 0 Å². The first-order valence-corrected chi connectivity index (χ1v) is 4.66. The van der Waals surface area contributed by atoms with Gasteiger partial charge in [0.05, 0.1) is 11.7 Å². The van der Waals surface area contributed by atoms with Gasteiger partial charge in [-0.05, 0) is 37.5 Å². The van der Waals surface area contributed by atoms with Gasteiger partial charge < -0.3 is 5.11 Å². The third-order valence-corrected chi connectivity index (χ3v) is 2.22. The van der Waals surface area contributed by atoms with Crippen LogP contribution >= 0.6 is 0 Å². The summed E-state index contributed by atoms with van der Waals surface area (Å²) >= 11 is 0. The van der Waals surface area contributed by atoms with Gasteiger partial charge in [-0.3, -0.25) is 0 Å². The molecule has 0 saturated carbocycles. The summed E-state index contributed by atoms with van der Waals surface area (Å²) in [6.07, 6.45) is -5.09. The van der Waals surface area contributed by atoms with Crippen LogP contribution in [0.4, 0.5) is 13.2 Å². The molecular formula is C11H13F3O. The highest BCUT2D eigenvalue weighted by Gasteiger charge is 2.33. The molecule has 0 aliphatic heterocycles. The Morgan fingerprint density at radius 3 is 2.40 bits per heavy atom. The van der Waals surface area contributed by atoms with Crippen LogP contribution in [0.25, 0.3) is 0 Å². The number of benzene rings is 1. The third-order valence-electron chi connectivity index (χ3n) is 2.22. The maximum Gasteiger partial charge on any atom is 0.416 e. The standard InChI is InChI=1S/C11H13F3O/c1-7-4-3-5-10(11(12,13)14)9(7)6-8(2)15/h3-5,8,15H,6H2,1-2H3. The fraction of sp³-hybridized carbons (Fsp3) is 0.455. The van der Waals surface area contributed by atoms with Crippen molar-refractivity contribution >= 4 is 0 Å². The zero-order valence-corrected chi connectivity index (χ0v) is 8.60. The summed E-state index contributed by atoms with van der Waals surface area (Å²) in [5, 5.41) is 9.15.